The maximum absolute atomic E-state index is 12.8. The van der Waals surface area contributed by atoms with Gasteiger partial charge in [0.25, 0.3) is 0 Å². The highest BCUT2D eigenvalue weighted by molar-refractivity contribution is 5.66. The molecule has 3 aromatic rings. The molecule has 1 N–H and O–H groups in total. The number of nitrogens with zero attached hydrogens (tertiary/aromatic N) is 1. The van der Waals surface area contributed by atoms with Crippen LogP contribution in [0.1, 0.15) is 34.0 Å². The Kier molecular flexibility index (Phi) is 4.94. The molecule has 1 aliphatic heterocycles. The van der Waals surface area contributed by atoms with Crippen molar-refractivity contribution in [2.24, 2.45) is 0 Å². The molecule has 0 aliphatic carbocycles. The number of nitrogens with one attached hydrogen (secondary N) is 1. The van der Waals surface area contributed by atoms with Gasteiger partial charge < -0.3 is 5.32 Å². The van der Waals surface area contributed by atoms with E-state index in [2.05, 4.69) is 28.5 Å². The average molecular weight is 382 g/mol. The summed E-state index contributed by atoms with van der Waals surface area (Å²) in [6.07, 6.45) is -0.626. The highest BCUT2D eigenvalue weighted by Gasteiger charge is 2.30. The first-order valence-corrected chi connectivity index (χ1v) is 9.35. The Morgan fingerprint density at radius 3 is 2.43 bits per heavy atom. The third-order valence-corrected chi connectivity index (χ3v) is 5.26. The minimum Gasteiger partial charge on any atom is -0.309 e. The molecule has 28 heavy (non-hydrogen) atoms. The van der Waals surface area contributed by atoms with Crippen LogP contribution >= 0.6 is 0 Å². The predicted octanol–water partition coefficient (Wildman–Crippen LogP) is 5.51. The lowest BCUT2D eigenvalue weighted by Gasteiger charge is -2.28. The lowest BCUT2D eigenvalue weighted by atomic mass is 9.88. The van der Waals surface area contributed by atoms with E-state index in [1.54, 1.807) is 12.1 Å². The summed E-state index contributed by atoms with van der Waals surface area (Å²) >= 11 is 0. The van der Waals surface area contributed by atoms with Crippen molar-refractivity contribution in [2.45, 2.75) is 32.0 Å². The topological polar surface area (TPSA) is 24.9 Å². The maximum Gasteiger partial charge on any atom is 0.416 e. The van der Waals surface area contributed by atoms with Gasteiger partial charge in [-0.15, -0.1) is 0 Å². The molecule has 4 rings (SSSR count). The van der Waals surface area contributed by atoms with Crippen molar-refractivity contribution in [3.63, 3.8) is 0 Å². The number of hydrogen-bond donors (Lipinski definition) is 1. The van der Waals surface area contributed by atoms with Crippen LogP contribution in [0.2, 0.25) is 0 Å². The zero-order chi connectivity index (χ0) is 19.7. The SMILES string of the molecule is Cc1ccc(CC2NCCc3ccc(-c4ccc(C(F)(F)F)cc4)cc32)cn1. The standard InChI is InChI=1S/C23H21F3N2/c1-15-2-3-16(14-28-15)12-22-21-13-19(5-4-18(21)10-11-27-22)17-6-8-20(9-7-17)23(24,25)26/h2-9,13-14,22,27H,10-12H2,1H3. The minimum absolute atomic E-state index is 0.169. The Morgan fingerprint density at radius 1 is 1.00 bits per heavy atom. The normalized spacial score (nSPS) is 16.6. The van der Waals surface area contributed by atoms with Crippen LogP contribution in [-0.2, 0) is 19.0 Å². The first kappa shape index (κ1) is 18.7. The number of benzene rings is 2. The number of aryl methyl sites for hydroxylation is 1. The molecule has 0 fully saturated rings. The molecule has 1 unspecified atom stereocenters. The number of hydrogen-bond acceptors (Lipinski definition) is 2. The van der Waals surface area contributed by atoms with Crippen molar-refractivity contribution in [2.75, 3.05) is 6.54 Å². The molecule has 0 spiro atoms. The largest absolute Gasteiger partial charge is 0.416 e. The Hall–Kier alpha value is -2.66. The van der Waals surface area contributed by atoms with Gasteiger partial charge in [-0.1, -0.05) is 30.3 Å². The number of pyridine rings is 1. The number of fused-ring (bicyclic) bond motifs is 1. The van der Waals surface area contributed by atoms with Gasteiger partial charge in [-0.3, -0.25) is 4.98 Å². The number of rotatable bonds is 3. The summed E-state index contributed by atoms with van der Waals surface area (Å²) in [6, 6.07) is 15.8. The summed E-state index contributed by atoms with van der Waals surface area (Å²) in [5.41, 5.74) is 5.76. The molecule has 1 aromatic heterocycles. The molecule has 1 aliphatic rings. The van der Waals surface area contributed by atoms with Crippen molar-refractivity contribution in [3.05, 3.63) is 88.7 Å². The fourth-order valence-corrected chi connectivity index (χ4v) is 3.71. The first-order chi connectivity index (χ1) is 13.4. The molecule has 0 saturated carbocycles. The Balaban J connectivity index is 1.63. The van der Waals surface area contributed by atoms with E-state index in [9.17, 15) is 13.2 Å². The third kappa shape index (κ3) is 3.94. The second kappa shape index (κ2) is 7.40. The zero-order valence-electron chi connectivity index (χ0n) is 15.6. The Morgan fingerprint density at radius 2 is 1.75 bits per heavy atom. The highest BCUT2D eigenvalue weighted by Crippen LogP contribution is 2.33. The molecule has 1 atom stereocenters. The Bertz CT molecular complexity index is 961. The van der Waals surface area contributed by atoms with Gasteiger partial charge in [-0.2, -0.15) is 13.2 Å². The molecular formula is C23H21F3N2. The lowest BCUT2D eigenvalue weighted by Crippen LogP contribution is -2.31. The van der Waals surface area contributed by atoms with E-state index in [1.165, 1.54) is 11.1 Å². The van der Waals surface area contributed by atoms with Crippen LogP contribution in [0.3, 0.4) is 0 Å². The van der Waals surface area contributed by atoms with Gasteiger partial charge in [-0.05, 0) is 78.4 Å². The van der Waals surface area contributed by atoms with Gasteiger partial charge in [0.05, 0.1) is 5.56 Å². The van der Waals surface area contributed by atoms with E-state index < -0.39 is 11.7 Å². The van der Waals surface area contributed by atoms with E-state index in [0.717, 1.165) is 53.9 Å². The van der Waals surface area contributed by atoms with Gasteiger partial charge >= 0.3 is 6.18 Å². The molecule has 2 nitrogen and oxygen atoms in total. The van der Waals surface area contributed by atoms with Crippen LogP contribution in [0, 0.1) is 6.92 Å². The number of halogens is 3. The first-order valence-electron chi connectivity index (χ1n) is 9.35. The fraction of sp³-hybridized carbons (Fsp3) is 0.261. The van der Waals surface area contributed by atoms with Gasteiger partial charge in [0.1, 0.15) is 0 Å². The third-order valence-electron chi connectivity index (χ3n) is 5.26. The van der Waals surface area contributed by atoms with Crippen LogP contribution in [0.25, 0.3) is 11.1 Å². The van der Waals surface area contributed by atoms with E-state index in [1.807, 2.05) is 25.3 Å². The van der Waals surface area contributed by atoms with Gasteiger partial charge in [-0.25, -0.2) is 0 Å². The van der Waals surface area contributed by atoms with Crippen LogP contribution < -0.4 is 5.32 Å². The zero-order valence-corrected chi connectivity index (χ0v) is 15.6. The summed E-state index contributed by atoms with van der Waals surface area (Å²) in [5.74, 6) is 0. The van der Waals surface area contributed by atoms with Crippen LogP contribution in [0.5, 0.6) is 0 Å². The molecule has 2 aromatic carbocycles. The molecular weight excluding hydrogens is 361 g/mol. The number of alkyl halides is 3. The summed E-state index contributed by atoms with van der Waals surface area (Å²) < 4.78 is 38.5. The molecule has 5 heteroatoms. The molecule has 0 saturated heterocycles. The molecule has 2 heterocycles. The van der Waals surface area contributed by atoms with Crippen molar-refractivity contribution in [3.8, 4) is 11.1 Å². The predicted molar refractivity (Wildman–Crippen MR) is 104 cm³/mol. The van der Waals surface area contributed by atoms with Crippen molar-refractivity contribution in [1.29, 1.82) is 0 Å². The van der Waals surface area contributed by atoms with Crippen molar-refractivity contribution >= 4 is 0 Å². The fourth-order valence-electron chi connectivity index (χ4n) is 3.71. The Labute approximate surface area is 162 Å². The average Bonchev–Trinajstić information content (AvgIpc) is 2.69. The second-order valence-corrected chi connectivity index (χ2v) is 7.26. The van der Waals surface area contributed by atoms with E-state index in [0.29, 0.717) is 0 Å². The van der Waals surface area contributed by atoms with E-state index in [-0.39, 0.29) is 6.04 Å². The van der Waals surface area contributed by atoms with Crippen molar-refractivity contribution < 1.29 is 13.2 Å². The minimum atomic E-state index is -4.31. The smallest absolute Gasteiger partial charge is 0.309 e. The quantitative estimate of drug-likeness (QED) is 0.647. The van der Waals surface area contributed by atoms with Crippen LogP contribution in [-0.4, -0.2) is 11.5 Å². The maximum atomic E-state index is 12.8. The molecule has 0 amide bonds. The summed E-state index contributed by atoms with van der Waals surface area (Å²) in [6.45, 7) is 2.88. The summed E-state index contributed by atoms with van der Waals surface area (Å²) in [7, 11) is 0. The van der Waals surface area contributed by atoms with E-state index in [4.69, 9.17) is 0 Å². The molecule has 0 radical (unpaired) electrons. The van der Waals surface area contributed by atoms with Gasteiger partial charge in [0.2, 0.25) is 0 Å². The highest BCUT2D eigenvalue weighted by atomic mass is 19.4. The van der Waals surface area contributed by atoms with Crippen molar-refractivity contribution in [1.82, 2.24) is 10.3 Å². The van der Waals surface area contributed by atoms with E-state index >= 15 is 0 Å². The summed E-state index contributed by atoms with van der Waals surface area (Å²) in [5, 5.41) is 3.57. The number of aromatic nitrogens is 1. The summed E-state index contributed by atoms with van der Waals surface area (Å²) in [4.78, 5) is 4.37. The molecule has 0 bridgehead atoms. The lowest BCUT2D eigenvalue weighted by molar-refractivity contribution is -0.137. The van der Waals surface area contributed by atoms with Gasteiger partial charge in [0.15, 0.2) is 0 Å². The monoisotopic (exact) mass is 382 g/mol. The van der Waals surface area contributed by atoms with Crippen LogP contribution in [0.4, 0.5) is 13.2 Å². The van der Waals surface area contributed by atoms with Crippen LogP contribution in [0.15, 0.2) is 60.8 Å². The molecule has 144 valence electrons. The van der Waals surface area contributed by atoms with Gasteiger partial charge in [0, 0.05) is 17.9 Å². The second-order valence-electron chi connectivity index (χ2n) is 7.26.